The first-order valence-electron chi connectivity index (χ1n) is 13.0. The van der Waals surface area contributed by atoms with Crippen LogP contribution in [0.15, 0.2) is 26.3 Å². The molecule has 0 fully saturated rings. The van der Waals surface area contributed by atoms with Crippen LogP contribution >= 0.6 is 0 Å². The van der Waals surface area contributed by atoms with Crippen molar-refractivity contribution >= 4 is 52.3 Å². The second kappa shape index (κ2) is 14.2. The van der Waals surface area contributed by atoms with Crippen molar-refractivity contribution in [3.63, 3.8) is 0 Å². The van der Waals surface area contributed by atoms with Gasteiger partial charge in [-0.05, 0) is 0 Å². The fraction of sp³-hybridized carbons (Fsp3) is 0. The zero-order valence-corrected chi connectivity index (χ0v) is 26.8. The first kappa shape index (κ1) is 40.2. The Hall–Kier alpha value is -4.22. The van der Waals surface area contributed by atoms with Gasteiger partial charge in [-0.25, -0.2) is 70.2 Å². The molecule has 4 aromatic rings. The van der Waals surface area contributed by atoms with Gasteiger partial charge in [-0.2, -0.15) is 0 Å². The van der Waals surface area contributed by atoms with E-state index in [-0.39, 0.29) is 53.9 Å². The van der Waals surface area contributed by atoms with Gasteiger partial charge in [0.1, 0.15) is 52.7 Å². The predicted octanol–water partition coefficient (Wildman–Crippen LogP) is 4.87. The molecule has 0 unspecified atom stereocenters. The van der Waals surface area contributed by atoms with Crippen molar-refractivity contribution in [3.05, 3.63) is 142 Å². The van der Waals surface area contributed by atoms with Crippen LogP contribution in [0.3, 0.4) is 0 Å². The molecule has 0 nitrogen and oxygen atoms in total. The Morgan fingerprint density at radius 1 is 0.260 bits per heavy atom. The van der Waals surface area contributed by atoms with Crippen LogP contribution in [-0.2, 0) is 0 Å². The van der Waals surface area contributed by atoms with Crippen LogP contribution in [0.25, 0.3) is 24.3 Å². The average Bonchev–Trinajstić information content (AvgIpc) is 3.06. The third kappa shape index (κ3) is 5.23. The van der Waals surface area contributed by atoms with E-state index >= 15 is 70.2 Å². The minimum absolute atomic E-state index is 0. The Morgan fingerprint density at radius 2 is 0.380 bits per heavy atom. The Bertz CT molecular complexity index is 1750. The Kier molecular flexibility index (Phi) is 11.4. The third-order valence-electron chi connectivity index (χ3n) is 7.87. The molecule has 0 amide bonds. The van der Waals surface area contributed by atoms with Gasteiger partial charge >= 0.3 is 29.6 Å². The number of halogens is 16. The summed E-state index contributed by atoms with van der Waals surface area (Å²) >= 11 is 0. The Labute approximate surface area is 292 Å². The molecule has 0 N–H and O–H groups in total. The van der Waals surface area contributed by atoms with Gasteiger partial charge < -0.3 is 0 Å². The van der Waals surface area contributed by atoms with Crippen molar-refractivity contribution in [2.75, 3.05) is 0 Å². The molecule has 256 valence electrons. The normalized spacial score (nSPS) is 11.4. The summed E-state index contributed by atoms with van der Waals surface area (Å²) in [5.74, 6) is -47.5. The van der Waals surface area contributed by atoms with E-state index in [4.69, 9.17) is 0 Å². The molecule has 0 aliphatic rings. The average molecular weight is 734 g/mol. The minimum atomic E-state index is -6.71. The summed E-state index contributed by atoms with van der Waals surface area (Å²) in [5.41, 5.74) is -19.7. The van der Waals surface area contributed by atoms with E-state index in [0.29, 0.717) is 0 Å². The molecule has 0 spiro atoms. The summed E-state index contributed by atoms with van der Waals surface area (Å²) < 4.78 is 252. The van der Waals surface area contributed by atoms with Gasteiger partial charge in [0.25, 0.3) is 0 Å². The van der Waals surface area contributed by atoms with Gasteiger partial charge in [0.15, 0.2) is 46.5 Å². The largest absolute Gasteiger partial charge is 1.00 e. The van der Waals surface area contributed by atoms with Crippen molar-refractivity contribution in [2.45, 2.75) is 0 Å². The Balaban J connectivity index is 0.00000676. The van der Waals surface area contributed by atoms with Gasteiger partial charge in [-0.3, -0.25) is 0 Å². The third-order valence-corrected chi connectivity index (χ3v) is 7.87. The molecule has 0 aromatic heterocycles. The molecular weight excluding hydrogens is 722 g/mol. The summed E-state index contributed by atoms with van der Waals surface area (Å²) in [6.07, 6.45) is -6.63. The first-order chi connectivity index (χ1) is 22.9. The van der Waals surface area contributed by atoms with Gasteiger partial charge in [0, 0.05) is 0 Å². The van der Waals surface area contributed by atoms with Crippen LogP contribution in [0, 0.1) is 93.1 Å². The van der Waals surface area contributed by atoms with Gasteiger partial charge in [-0.1, -0.05) is 50.6 Å². The van der Waals surface area contributed by atoms with Crippen LogP contribution in [0.4, 0.5) is 70.2 Å². The van der Waals surface area contributed by atoms with Crippen LogP contribution in [0.5, 0.6) is 0 Å². The predicted molar refractivity (Wildman–Crippen MR) is 150 cm³/mol. The van der Waals surface area contributed by atoms with Gasteiger partial charge in [0.2, 0.25) is 0 Å². The number of rotatable bonds is 8. The van der Waals surface area contributed by atoms with Crippen molar-refractivity contribution in [2.24, 2.45) is 0 Å². The maximum atomic E-state index is 16.1. The summed E-state index contributed by atoms with van der Waals surface area (Å²) in [7, 11) is 0. The molecule has 18 heteroatoms. The molecule has 0 saturated heterocycles. The Morgan fingerprint density at radius 3 is 0.480 bits per heavy atom. The fourth-order valence-corrected chi connectivity index (χ4v) is 5.77. The molecule has 0 aliphatic carbocycles. The molecule has 0 bridgehead atoms. The summed E-state index contributed by atoms with van der Waals surface area (Å²) in [6, 6.07) is 0. The fourth-order valence-electron chi connectivity index (χ4n) is 5.77. The zero-order chi connectivity index (χ0) is 37.2. The van der Waals surface area contributed by atoms with E-state index in [2.05, 4.69) is 26.3 Å². The van der Waals surface area contributed by atoms with Gasteiger partial charge in [-0.15, -0.1) is 21.9 Å². The van der Waals surface area contributed by atoms with E-state index in [1.807, 2.05) is 0 Å². The monoisotopic (exact) mass is 734 g/mol. The SMILES string of the molecule is C=Cc1c(F)c(F)c([B-](c2c(F)c(F)c(C=C)c(F)c2F)(c2c(F)c(F)c(C=C)c(F)c2F)c2c(F)c(F)c(C=C)c(F)c2F)c(F)c1F.[Na+]. The molecule has 0 saturated carbocycles. The van der Waals surface area contributed by atoms with E-state index in [1.54, 1.807) is 0 Å². The summed E-state index contributed by atoms with van der Waals surface area (Å²) in [5, 5.41) is 0. The van der Waals surface area contributed by atoms with E-state index in [0.717, 1.165) is 0 Å². The smallest absolute Gasteiger partial charge is 0.207 e. The zero-order valence-electron chi connectivity index (χ0n) is 24.8. The van der Waals surface area contributed by atoms with Crippen LogP contribution < -0.4 is 51.4 Å². The number of hydrogen-bond donors (Lipinski definition) is 0. The summed E-state index contributed by atoms with van der Waals surface area (Å²) in [4.78, 5) is 0. The van der Waals surface area contributed by atoms with Crippen molar-refractivity contribution < 1.29 is 99.8 Å². The van der Waals surface area contributed by atoms with E-state index < -0.39 is 143 Å². The molecule has 50 heavy (non-hydrogen) atoms. The van der Waals surface area contributed by atoms with E-state index in [9.17, 15) is 0 Å². The molecule has 0 heterocycles. The van der Waals surface area contributed by atoms with Gasteiger partial charge in [0.05, 0.1) is 22.3 Å². The van der Waals surface area contributed by atoms with Crippen LogP contribution in [0.2, 0.25) is 0 Å². The maximum absolute atomic E-state index is 16.1. The molecule has 4 aromatic carbocycles. The molecule has 0 aliphatic heterocycles. The number of benzene rings is 4. The quantitative estimate of drug-likeness (QED) is 0.138. The first-order valence-corrected chi connectivity index (χ1v) is 13.0. The molecule has 4 rings (SSSR count). The second-order valence-electron chi connectivity index (χ2n) is 10.0. The van der Waals surface area contributed by atoms with Crippen molar-refractivity contribution in [1.29, 1.82) is 0 Å². The topological polar surface area (TPSA) is 0 Å². The maximum Gasteiger partial charge on any atom is 1.00 e. The molecule has 0 radical (unpaired) electrons. The second-order valence-corrected chi connectivity index (χ2v) is 10.0. The minimum Gasteiger partial charge on any atom is -0.207 e. The molecule has 0 atom stereocenters. The van der Waals surface area contributed by atoms with E-state index in [1.165, 1.54) is 0 Å². The van der Waals surface area contributed by atoms with Crippen LogP contribution in [0.1, 0.15) is 22.3 Å². The van der Waals surface area contributed by atoms with Crippen molar-refractivity contribution in [3.8, 4) is 0 Å². The number of hydrogen-bond acceptors (Lipinski definition) is 0. The standard InChI is InChI=1S/C32H12BF16.Na/c1-5-9-17(34)25(42)13(26(43)18(9)35)33(14-27(44)19(36)10(6-2)20(37)28(14)45,15-29(46)21(38)11(7-3)22(39)30(15)47)16-31(48)23(40)12(8-4)24(41)32(16)49;/h5-8H,1-4H2;/q-1;+1. The van der Waals surface area contributed by atoms with Crippen molar-refractivity contribution in [1.82, 2.24) is 0 Å². The molecular formula is C32H12BF16Na. The van der Waals surface area contributed by atoms with Crippen LogP contribution in [-0.4, -0.2) is 6.15 Å². The summed E-state index contributed by atoms with van der Waals surface area (Å²) in [6.45, 7) is 11.3.